The van der Waals surface area contributed by atoms with Gasteiger partial charge in [-0.25, -0.2) is 9.59 Å². The molecule has 1 aromatic rings. The molecule has 0 aromatic heterocycles. The molecule has 4 rings (SSSR count). The smallest absolute Gasteiger partial charge is 0.418 e. The van der Waals surface area contributed by atoms with Crippen molar-refractivity contribution in [2.75, 3.05) is 0 Å². The normalized spacial score (nSPS) is 31.8. The van der Waals surface area contributed by atoms with Crippen molar-refractivity contribution in [3.8, 4) is 5.75 Å². The fraction of sp³-hybridized carbons (Fsp3) is 0.636. The molecule has 0 radical (unpaired) electrons. The minimum absolute atomic E-state index is 0.0167. The summed E-state index contributed by atoms with van der Waals surface area (Å²) in [5.74, 6) is -2.82. The van der Waals surface area contributed by atoms with Crippen LogP contribution in [0.15, 0.2) is 18.2 Å². The Balaban J connectivity index is 1.51. The van der Waals surface area contributed by atoms with Crippen LogP contribution in [-0.4, -0.2) is 28.8 Å². The standard InChI is InChI=1S/C22H22Cl2F4O4/c1-20-9-8-14-13-5-3-12(31-18(29)21(23,25)26)10-11(13)2-4-15(14)16(20)6-7-17(20)32-19(30)22(24,27)28/h3,5,10,14-17H,2,4,6-9H2,1H3. The molecule has 0 spiro atoms. The molecule has 4 nitrogen and oxygen atoms in total. The summed E-state index contributed by atoms with van der Waals surface area (Å²) in [4.78, 5) is 23.0. The molecule has 0 N–H and O–H groups in total. The molecule has 0 aliphatic heterocycles. The number of alkyl halides is 6. The molecule has 10 heteroatoms. The number of hydrogen-bond acceptors (Lipinski definition) is 4. The van der Waals surface area contributed by atoms with Crippen molar-refractivity contribution < 1.29 is 36.6 Å². The first-order valence-electron chi connectivity index (χ1n) is 10.5. The highest BCUT2D eigenvalue weighted by molar-refractivity contribution is 6.31. The number of ether oxygens (including phenoxy) is 2. The van der Waals surface area contributed by atoms with Gasteiger partial charge < -0.3 is 9.47 Å². The Morgan fingerprint density at radius 2 is 1.72 bits per heavy atom. The minimum atomic E-state index is -4.09. The fourth-order valence-corrected chi connectivity index (χ4v) is 6.21. The van der Waals surface area contributed by atoms with Gasteiger partial charge in [-0.2, -0.15) is 17.6 Å². The molecule has 2 fully saturated rings. The molecule has 3 aliphatic rings. The second-order valence-electron chi connectivity index (χ2n) is 9.18. The van der Waals surface area contributed by atoms with Crippen molar-refractivity contribution in [1.29, 1.82) is 0 Å². The predicted molar refractivity (Wildman–Crippen MR) is 108 cm³/mol. The van der Waals surface area contributed by atoms with Crippen LogP contribution in [0.3, 0.4) is 0 Å². The lowest BCUT2D eigenvalue weighted by atomic mass is 9.55. The number of esters is 2. The van der Waals surface area contributed by atoms with E-state index in [4.69, 9.17) is 32.7 Å². The third-order valence-electron chi connectivity index (χ3n) is 7.53. The predicted octanol–water partition coefficient (Wildman–Crippen LogP) is 6.02. The van der Waals surface area contributed by atoms with Crippen LogP contribution in [0.1, 0.15) is 56.1 Å². The molecule has 5 atom stereocenters. The molecular formula is C22H22Cl2F4O4. The average molecular weight is 497 g/mol. The Kier molecular flexibility index (Phi) is 5.94. The van der Waals surface area contributed by atoms with Crippen molar-refractivity contribution in [3.05, 3.63) is 29.3 Å². The summed E-state index contributed by atoms with van der Waals surface area (Å²) < 4.78 is 61.9. The van der Waals surface area contributed by atoms with E-state index in [-0.39, 0.29) is 23.5 Å². The van der Waals surface area contributed by atoms with Crippen LogP contribution in [0.2, 0.25) is 0 Å². The summed E-state index contributed by atoms with van der Waals surface area (Å²) in [5.41, 5.74) is 1.60. The van der Waals surface area contributed by atoms with Crippen molar-refractivity contribution in [2.45, 2.75) is 68.2 Å². The summed E-state index contributed by atoms with van der Waals surface area (Å²) >= 11 is 9.54. The molecule has 3 aliphatic carbocycles. The molecule has 32 heavy (non-hydrogen) atoms. The number of carbonyl (C=O) groups excluding carboxylic acids is 2. The molecule has 0 saturated heterocycles. The van der Waals surface area contributed by atoms with Gasteiger partial charge in [0.15, 0.2) is 0 Å². The Morgan fingerprint density at radius 1 is 1.03 bits per heavy atom. The van der Waals surface area contributed by atoms with E-state index >= 15 is 0 Å². The molecule has 1 aromatic carbocycles. The monoisotopic (exact) mass is 496 g/mol. The summed E-state index contributed by atoms with van der Waals surface area (Å²) in [5, 5.41) is -8.13. The number of hydrogen-bond donors (Lipinski definition) is 0. The third kappa shape index (κ3) is 4.20. The van der Waals surface area contributed by atoms with E-state index in [1.54, 1.807) is 12.1 Å². The Labute approximate surface area is 192 Å². The first kappa shape index (κ1) is 23.6. The van der Waals surface area contributed by atoms with Gasteiger partial charge in [-0.15, -0.1) is 0 Å². The lowest BCUT2D eigenvalue weighted by Crippen LogP contribution is -2.46. The lowest BCUT2D eigenvalue weighted by molar-refractivity contribution is -0.174. The molecule has 0 bridgehead atoms. The van der Waals surface area contributed by atoms with Crippen molar-refractivity contribution in [1.82, 2.24) is 0 Å². The average Bonchev–Trinajstić information content (AvgIpc) is 3.02. The molecule has 176 valence electrons. The van der Waals surface area contributed by atoms with Gasteiger partial charge in [0.1, 0.15) is 11.9 Å². The van der Waals surface area contributed by atoms with E-state index in [2.05, 4.69) is 0 Å². The second-order valence-corrected chi connectivity index (χ2v) is 10.1. The van der Waals surface area contributed by atoms with Crippen molar-refractivity contribution in [3.63, 3.8) is 0 Å². The van der Waals surface area contributed by atoms with E-state index in [9.17, 15) is 27.2 Å². The van der Waals surface area contributed by atoms with Crippen molar-refractivity contribution >= 4 is 35.1 Å². The van der Waals surface area contributed by atoms with E-state index < -0.39 is 34.2 Å². The van der Waals surface area contributed by atoms with Crippen molar-refractivity contribution in [2.24, 2.45) is 17.3 Å². The van der Waals surface area contributed by atoms with E-state index in [1.807, 2.05) is 6.92 Å². The SMILES string of the molecule is CC12CCC3c4ccc(OC(=O)C(F)(F)Cl)cc4CCC3C1CCC2OC(=O)C(F)(F)Cl. The van der Waals surface area contributed by atoms with Gasteiger partial charge in [-0.3, -0.25) is 0 Å². The van der Waals surface area contributed by atoms with Crippen LogP contribution in [0.4, 0.5) is 17.6 Å². The largest absolute Gasteiger partial charge is 0.456 e. The van der Waals surface area contributed by atoms with Gasteiger partial charge in [-0.05, 0) is 103 Å². The van der Waals surface area contributed by atoms with Crippen LogP contribution in [-0.2, 0) is 20.7 Å². The van der Waals surface area contributed by atoms with E-state index in [0.717, 1.165) is 30.4 Å². The Morgan fingerprint density at radius 3 is 2.38 bits per heavy atom. The van der Waals surface area contributed by atoms with Gasteiger partial charge in [0, 0.05) is 5.41 Å². The number of aryl methyl sites for hydroxylation is 1. The minimum Gasteiger partial charge on any atom is -0.456 e. The Hall–Kier alpha value is -1.54. The van der Waals surface area contributed by atoms with Gasteiger partial charge in [0.2, 0.25) is 0 Å². The second kappa shape index (κ2) is 8.05. The van der Waals surface area contributed by atoms with Gasteiger partial charge in [0.05, 0.1) is 0 Å². The first-order valence-corrected chi connectivity index (χ1v) is 11.3. The highest BCUT2D eigenvalue weighted by Crippen LogP contribution is 2.61. The van der Waals surface area contributed by atoms with Gasteiger partial charge in [0.25, 0.3) is 0 Å². The zero-order valence-corrected chi connectivity index (χ0v) is 18.7. The highest BCUT2D eigenvalue weighted by Gasteiger charge is 2.57. The quantitative estimate of drug-likeness (QED) is 0.221. The number of carbonyl (C=O) groups is 2. The van der Waals surface area contributed by atoms with Crippen LogP contribution < -0.4 is 4.74 Å². The van der Waals surface area contributed by atoms with Crippen LogP contribution in [0.5, 0.6) is 5.75 Å². The van der Waals surface area contributed by atoms with Crippen LogP contribution in [0.25, 0.3) is 0 Å². The zero-order chi connectivity index (χ0) is 23.5. The number of fused-ring (bicyclic) bond motifs is 5. The Bertz CT molecular complexity index is 929. The van der Waals surface area contributed by atoms with Crippen LogP contribution in [0, 0.1) is 17.3 Å². The number of halogens is 6. The maximum absolute atomic E-state index is 13.1. The highest BCUT2D eigenvalue weighted by atomic mass is 35.5. The summed E-state index contributed by atoms with van der Waals surface area (Å²) in [6.07, 6.45) is 3.61. The van der Waals surface area contributed by atoms with Crippen LogP contribution >= 0.6 is 23.2 Å². The zero-order valence-electron chi connectivity index (χ0n) is 17.2. The van der Waals surface area contributed by atoms with Gasteiger partial charge in [-0.1, -0.05) is 13.0 Å². The molecule has 0 amide bonds. The van der Waals surface area contributed by atoms with E-state index in [1.165, 1.54) is 6.07 Å². The maximum Gasteiger partial charge on any atom is 0.418 e. The van der Waals surface area contributed by atoms with Gasteiger partial charge >= 0.3 is 22.7 Å². The molecule has 5 unspecified atom stereocenters. The number of benzene rings is 1. The number of rotatable bonds is 4. The maximum atomic E-state index is 13.1. The molecule has 0 heterocycles. The molecule has 2 saturated carbocycles. The summed E-state index contributed by atoms with van der Waals surface area (Å²) in [7, 11) is 0. The summed E-state index contributed by atoms with van der Waals surface area (Å²) in [6, 6.07) is 4.88. The third-order valence-corrected chi connectivity index (χ3v) is 7.84. The first-order chi connectivity index (χ1) is 14.8. The van der Waals surface area contributed by atoms with E-state index in [0.29, 0.717) is 19.3 Å². The molecular weight excluding hydrogens is 475 g/mol. The summed E-state index contributed by atoms with van der Waals surface area (Å²) in [6.45, 7) is 2.00. The fourth-order valence-electron chi connectivity index (χ4n) is 6.13. The lowest BCUT2D eigenvalue weighted by Gasteiger charge is -2.50. The topological polar surface area (TPSA) is 52.6 Å².